The molecule has 0 saturated heterocycles. The molecule has 43 heavy (non-hydrogen) atoms. The Morgan fingerprint density at radius 1 is 0.837 bits per heavy atom. The number of fused-ring (bicyclic) bond motifs is 7. The lowest BCUT2D eigenvalue weighted by Gasteiger charge is -2.37. The average Bonchev–Trinajstić information content (AvgIpc) is 3.56. The summed E-state index contributed by atoms with van der Waals surface area (Å²) in [6.07, 6.45) is 1.38. The van der Waals surface area contributed by atoms with E-state index in [1.54, 1.807) is 4.90 Å². The number of H-pyrrole nitrogens is 1. The van der Waals surface area contributed by atoms with E-state index in [2.05, 4.69) is 21.7 Å². The number of carbonyl (C=O) groups excluding carboxylic acids is 3. The van der Waals surface area contributed by atoms with Gasteiger partial charge in [0, 0.05) is 41.5 Å². The number of aromatic nitrogens is 1. The second kappa shape index (κ2) is 11.2. The third-order valence-electron chi connectivity index (χ3n) is 8.63. The summed E-state index contributed by atoms with van der Waals surface area (Å²) in [5.74, 6) is -0.748. The summed E-state index contributed by atoms with van der Waals surface area (Å²) < 4.78 is 0. The number of para-hydroxylation sites is 1. The third kappa shape index (κ3) is 4.97. The number of amides is 3. The molecule has 2 aliphatic heterocycles. The normalized spacial score (nSPS) is 17.6. The standard InChI is InChI=1S/C36H32N4O3/c41-34(37-20-19-23-11-3-1-4-12-23)30(21-24-13-5-2-6-14-24)39-35(42)31-22-28-25-15-9-10-18-29(25)38-32(28)33-26-16-7-8-17-27(26)36(43)40(31)33/h1-18,30-31,33,38H,19-22H2,(H,37,41)(H,39,42)/t30-,31-,33-/m0/s1. The summed E-state index contributed by atoms with van der Waals surface area (Å²) in [5.41, 5.74) is 6.52. The van der Waals surface area contributed by atoms with Gasteiger partial charge in [-0.05, 0) is 40.8 Å². The fourth-order valence-electron chi connectivity index (χ4n) is 6.56. The Morgan fingerprint density at radius 3 is 2.30 bits per heavy atom. The zero-order valence-corrected chi connectivity index (χ0v) is 23.6. The van der Waals surface area contributed by atoms with E-state index in [-0.39, 0.29) is 17.7 Å². The van der Waals surface area contributed by atoms with E-state index < -0.39 is 18.1 Å². The van der Waals surface area contributed by atoms with Gasteiger partial charge in [-0.15, -0.1) is 0 Å². The molecule has 0 fully saturated rings. The molecule has 7 rings (SSSR count). The quantitative estimate of drug-likeness (QED) is 0.253. The number of benzene rings is 4. The van der Waals surface area contributed by atoms with Gasteiger partial charge in [0.2, 0.25) is 11.8 Å². The van der Waals surface area contributed by atoms with E-state index in [0.29, 0.717) is 31.4 Å². The monoisotopic (exact) mass is 568 g/mol. The summed E-state index contributed by atoms with van der Waals surface area (Å²) in [7, 11) is 0. The second-order valence-corrected chi connectivity index (χ2v) is 11.3. The first-order valence-electron chi connectivity index (χ1n) is 14.8. The molecule has 0 saturated carbocycles. The van der Waals surface area contributed by atoms with Crippen molar-refractivity contribution in [1.82, 2.24) is 20.5 Å². The number of nitrogens with zero attached hydrogens (tertiary/aromatic N) is 1. The van der Waals surface area contributed by atoms with Gasteiger partial charge >= 0.3 is 0 Å². The Hall–Kier alpha value is -5.17. The van der Waals surface area contributed by atoms with Crippen molar-refractivity contribution in [3.63, 3.8) is 0 Å². The lowest BCUT2D eigenvalue weighted by molar-refractivity contribution is -0.132. The van der Waals surface area contributed by atoms with Gasteiger partial charge < -0.3 is 20.5 Å². The van der Waals surface area contributed by atoms with Crippen LogP contribution in [-0.4, -0.2) is 46.2 Å². The third-order valence-corrected chi connectivity index (χ3v) is 8.63. The number of carbonyl (C=O) groups is 3. The predicted molar refractivity (Wildman–Crippen MR) is 165 cm³/mol. The maximum Gasteiger partial charge on any atom is 0.255 e. The molecule has 3 N–H and O–H groups in total. The molecule has 0 radical (unpaired) electrons. The minimum Gasteiger partial charge on any atom is -0.356 e. The lowest BCUT2D eigenvalue weighted by Crippen LogP contribution is -2.57. The summed E-state index contributed by atoms with van der Waals surface area (Å²) in [4.78, 5) is 46.8. The zero-order chi connectivity index (χ0) is 29.3. The van der Waals surface area contributed by atoms with Crippen molar-refractivity contribution in [3.05, 3.63) is 143 Å². The van der Waals surface area contributed by atoms with Crippen LogP contribution in [0.25, 0.3) is 10.9 Å². The molecule has 214 valence electrons. The van der Waals surface area contributed by atoms with E-state index in [0.717, 1.165) is 38.9 Å². The summed E-state index contributed by atoms with van der Waals surface area (Å²) in [5, 5.41) is 7.13. The Labute approximate surface area is 249 Å². The minimum atomic E-state index is -0.798. The van der Waals surface area contributed by atoms with Crippen LogP contribution in [0.2, 0.25) is 0 Å². The maximum absolute atomic E-state index is 14.2. The fourth-order valence-corrected chi connectivity index (χ4v) is 6.56. The zero-order valence-electron chi connectivity index (χ0n) is 23.6. The van der Waals surface area contributed by atoms with Crippen LogP contribution in [0.15, 0.2) is 109 Å². The van der Waals surface area contributed by atoms with Gasteiger partial charge in [-0.3, -0.25) is 14.4 Å². The number of hydrogen-bond donors (Lipinski definition) is 3. The highest BCUT2D eigenvalue weighted by molar-refractivity contribution is 6.04. The van der Waals surface area contributed by atoms with Gasteiger partial charge in [-0.25, -0.2) is 0 Å². The first kappa shape index (κ1) is 26.7. The van der Waals surface area contributed by atoms with Crippen LogP contribution in [-0.2, 0) is 28.9 Å². The number of aromatic amines is 1. The SMILES string of the molecule is O=C(NCCc1ccccc1)[C@H](Cc1ccccc1)NC(=O)[C@@H]1Cc2c([nH]c3ccccc23)[C@@H]2c3ccccc3C(=O)N21. The lowest BCUT2D eigenvalue weighted by atomic mass is 9.89. The molecule has 7 heteroatoms. The minimum absolute atomic E-state index is 0.169. The van der Waals surface area contributed by atoms with E-state index in [9.17, 15) is 14.4 Å². The summed E-state index contributed by atoms with van der Waals surface area (Å²) >= 11 is 0. The van der Waals surface area contributed by atoms with Crippen molar-refractivity contribution >= 4 is 28.6 Å². The molecule has 2 aliphatic rings. The van der Waals surface area contributed by atoms with Gasteiger partial charge in [-0.2, -0.15) is 0 Å². The summed E-state index contributed by atoms with van der Waals surface area (Å²) in [6.45, 7) is 0.453. The summed E-state index contributed by atoms with van der Waals surface area (Å²) in [6, 6.07) is 33.3. The first-order chi connectivity index (χ1) is 21.1. The highest BCUT2D eigenvalue weighted by atomic mass is 16.2. The van der Waals surface area contributed by atoms with Gasteiger partial charge in [0.25, 0.3) is 5.91 Å². The van der Waals surface area contributed by atoms with Crippen LogP contribution in [0, 0.1) is 0 Å². The maximum atomic E-state index is 14.2. The largest absolute Gasteiger partial charge is 0.356 e. The van der Waals surface area contributed by atoms with Gasteiger partial charge in [0.1, 0.15) is 12.1 Å². The Kier molecular flexibility index (Phi) is 6.99. The number of hydrogen-bond acceptors (Lipinski definition) is 3. The second-order valence-electron chi connectivity index (χ2n) is 11.3. The molecule has 4 aromatic carbocycles. The van der Waals surface area contributed by atoms with Crippen LogP contribution in [0.3, 0.4) is 0 Å². The van der Waals surface area contributed by atoms with Crippen molar-refractivity contribution in [2.24, 2.45) is 0 Å². The predicted octanol–water partition coefficient (Wildman–Crippen LogP) is 4.72. The van der Waals surface area contributed by atoms with Gasteiger partial charge in [0.05, 0.1) is 6.04 Å². The Morgan fingerprint density at radius 2 is 1.51 bits per heavy atom. The van der Waals surface area contributed by atoms with Crippen molar-refractivity contribution in [2.45, 2.75) is 37.4 Å². The Bertz CT molecular complexity index is 1810. The number of nitrogens with one attached hydrogen (secondary N) is 3. The Balaban J connectivity index is 1.18. The molecule has 5 aromatic rings. The van der Waals surface area contributed by atoms with Crippen LogP contribution in [0.4, 0.5) is 0 Å². The average molecular weight is 569 g/mol. The fraction of sp³-hybridized carbons (Fsp3) is 0.194. The van der Waals surface area contributed by atoms with Crippen molar-refractivity contribution in [3.8, 4) is 0 Å². The molecule has 3 amide bonds. The van der Waals surface area contributed by atoms with Crippen molar-refractivity contribution < 1.29 is 14.4 Å². The van der Waals surface area contributed by atoms with Gasteiger partial charge in [0.15, 0.2) is 0 Å². The molecule has 3 atom stereocenters. The van der Waals surface area contributed by atoms with E-state index >= 15 is 0 Å². The molecular weight excluding hydrogens is 536 g/mol. The van der Waals surface area contributed by atoms with Crippen LogP contribution in [0.1, 0.15) is 44.3 Å². The van der Waals surface area contributed by atoms with Crippen molar-refractivity contribution in [2.75, 3.05) is 6.54 Å². The van der Waals surface area contributed by atoms with Crippen LogP contribution >= 0.6 is 0 Å². The first-order valence-corrected chi connectivity index (χ1v) is 14.8. The highest BCUT2D eigenvalue weighted by Crippen LogP contribution is 2.46. The molecule has 3 heterocycles. The molecule has 7 nitrogen and oxygen atoms in total. The molecule has 0 spiro atoms. The smallest absolute Gasteiger partial charge is 0.255 e. The van der Waals surface area contributed by atoms with Crippen LogP contribution in [0.5, 0.6) is 0 Å². The van der Waals surface area contributed by atoms with E-state index in [4.69, 9.17) is 0 Å². The molecule has 1 aromatic heterocycles. The van der Waals surface area contributed by atoms with Crippen LogP contribution < -0.4 is 10.6 Å². The van der Waals surface area contributed by atoms with Gasteiger partial charge in [-0.1, -0.05) is 97.1 Å². The number of rotatable bonds is 8. The van der Waals surface area contributed by atoms with Crippen molar-refractivity contribution in [1.29, 1.82) is 0 Å². The van der Waals surface area contributed by atoms with E-state index in [1.165, 1.54) is 0 Å². The van der Waals surface area contributed by atoms with E-state index in [1.807, 2.05) is 103 Å². The molecule has 0 unspecified atom stereocenters. The molecular formula is C36H32N4O3. The molecule has 0 bridgehead atoms. The molecule has 0 aliphatic carbocycles. The highest BCUT2D eigenvalue weighted by Gasteiger charge is 2.49. The topological polar surface area (TPSA) is 94.3 Å².